The second-order valence-electron chi connectivity index (χ2n) is 5.46. The van der Waals surface area contributed by atoms with E-state index in [9.17, 15) is 0 Å². The molecule has 0 saturated carbocycles. The first-order valence-corrected chi connectivity index (χ1v) is 7.71. The molecule has 1 fully saturated rings. The highest BCUT2D eigenvalue weighted by Gasteiger charge is 2.20. The summed E-state index contributed by atoms with van der Waals surface area (Å²) in [6, 6.07) is 3.89. The summed E-state index contributed by atoms with van der Waals surface area (Å²) in [5.41, 5.74) is 0.997. The van der Waals surface area contributed by atoms with Crippen LogP contribution >= 0.6 is 0 Å². The van der Waals surface area contributed by atoms with Crippen molar-refractivity contribution < 1.29 is 4.52 Å². The van der Waals surface area contributed by atoms with E-state index in [0.717, 1.165) is 62.5 Å². The van der Waals surface area contributed by atoms with Crippen molar-refractivity contribution in [2.75, 3.05) is 42.9 Å². The van der Waals surface area contributed by atoms with Crippen LogP contribution in [0.2, 0.25) is 0 Å². The SMILES string of the molecule is CCNc1ccnc(N2CCN(Cc3cc(C)on3)CC2)n1. The predicted molar refractivity (Wildman–Crippen MR) is 84.9 cm³/mol. The maximum atomic E-state index is 5.12. The maximum absolute atomic E-state index is 5.12. The van der Waals surface area contributed by atoms with E-state index in [4.69, 9.17) is 4.52 Å². The minimum Gasteiger partial charge on any atom is -0.370 e. The summed E-state index contributed by atoms with van der Waals surface area (Å²) in [7, 11) is 0. The minimum absolute atomic E-state index is 0.801. The topological polar surface area (TPSA) is 70.3 Å². The minimum atomic E-state index is 0.801. The quantitative estimate of drug-likeness (QED) is 0.898. The molecule has 2 aromatic rings. The molecule has 1 aliphatic heterocycles. The highest BCUT2D eigenvalue weighted by molar-refractivity contribution is 5.41. The number of piperazine rings is 1. The van der Waals surface area contributed by atoms with Crippen molar-refractivity contribution >= 4 is 11.8 Å². The van der Waals surface area contributed by atoms with Crippen molar-refractivity contribution in [3.63, 3.8) is 0 Å². The third-order valence-electron chi connectivity index (χ3n) is 3.72. The lowest BCUT2D eigenvalue weighted by Gasteiger charge is -2.34. The number of nitrogens with zero attached hydrogens (tertiary/aromatic N) is 5. The number of hydrogen-bond donors (Lipinski definition) is 1. The Morgan fingerprint density at radius 1 is 1.27 bits per heavy atom. The molecular formula is C15H22N6O. The van der Waals surface area contributed by atoms with Crippen LogP contribution in [-0.4, -0.2) is 52.7 Å². The van der Waals surface area contributed by atoms with E-state index < -0.39 is 0 Å². The van der Waals surface area contributed by atoms with Crippen LogP contribution in [0.3, 0.4) is 0 Å². The summed E-state index contributed by atoms with van der Waals surface area (Å²) in [5, 5.41) is 7.28. The lowest BCUT2D eigenvalue weighted by atomic mass is 10.3. The van der Waals surface area contributed by atoms with Crippen LogP contribution < -0.4 is 10.2 Å². The molecule has 0 atom stereocenters. The second kappa shape index (κ2) is 6.74. The molecule has 0 radical (unpaired) electrons. The van der Waals surface area contributed by atoms with Crippen molar-refractivity contribution in [2.24, 2.45) is 0 Å². The molecule has 0 unspecified atom stereocenters. The van der Waals surface area contributed by atoms with Gasteiger partial charge in [0.25, 0.3) is 0 Å². The van der Waals surface area contributed by atoms with Gasteiger partial charge >= 0.3 is 0 Å². The summed E-state index contributed by atoms with van der Waals surface area (Å²) in [6.45, 7) is 9.47. The van der Waals surface area contributed by atoms with Crippen molar-refractivity contribution in [3.8, 4) is 0 Å². The average molecular weight is 302 g/mol. The molecule has 3 heterocycles. The third-order valence-corrected chi connectivity index (χ3v) is 3.72. The summed E-state index contributed by atoms with van der Waals surface area (Å²) in [6.07, 6.45) is 1.81. The Labute approximate surface area is 130 Å². The van der Waals surface area contributed by atoms with Crippen molar-refractivity contribution in [2.45, 2.75) is 20.4 Å². The van der Waals surface area contributed by atoms with Gasteiger partial charge in [-0.3, -0.25) is 4.90 Å². The lowest BCUT2D eigenvalue weighted by molar-refractivity contribution is 0.240. The highest BCUT2D eigenvalue weighted by Crippen LogP contribution is 2.15. The molecule has 1 saturated heterocycles. The Kier molecular flexibility index (Phi) is 4.53. The van der Waals surface area contributed by atoms with Gasteiger partial charge in [0.05, 0.1) is 5.69 Å². The molecule has 0 amide bonds. The number of anilines is 2. The fourth-order valence-electron chi connectivity index (χ4n) is 2.61. The molecule has 0 aromatic carbocycles. The van der Waals surface area contributed by atoms with Crippen LogP contribution in [0.25, 0.3) is 0 Å². The number of aryl methyl sites for hydroxylation is 1. The van der Waals surface area contributed by atoms with Crippen LogP contribution in [0.4, 0.5) is 11.8 Å². The van der Waals surface area contributed by atoms with Crippen LogP contribution in [0, 0.1) is 6.92 Å². The molecule has 0 spiro atoms. The molecule has 7 nitrogen and oxygen atoms in total. The molecule has 7 heteroatoms. The predicted octanol–water partition coefficient (Wildman–Crippen LogP) is 1.53. The van der Waals surface area contributed by atoms with Crippen LogP contribution in [-0.2, 0) is 6.54 Å². The molecule has 1 aliphatic rings. The molecular weight excluding hydrogens is 280 g/mol. The normalized spacial score (nSPS) is 16.0. The largest absolute Gasteiger partial charge is 0.370 e. The highest BCUT2D eigenvalue weighted by atomic mass is 16.5. The molecule has 1 N–H and O–H groups in total. The van der Waals surface area contributed by atoms with E-state index in [0.29, 0.717) is 0 Å². The van der Waals surface area contributed by atoms with Gasteiger partial charge in [0.2, 0.25) is 5.95 Å². The van der Waals surface area contributed by atoms with Gasteiger partial charge in [-0.05, 0) is 19.9 Å². The number of hydrogen-bond acceptors (Lipinski definition) is 7. The Bertz CT molecular complexity index is 606. The third kappa shape index (κ3) is 3.54. The second-order valence-corrected chi connectivity index (χ2v) is 5.46. The molecule has 3 rings (SSSR count). The van der Waals surface area contributed by atoms with Gasteiger partial charge in [0, 0.05) is 51.5 Å². The van der Waals surface area contributed by atoms with Gasteiger partial charge in [-0.25, -0.2) is 4.98 Å². The first-order valence-electron chi connectivity index (χ1n) is 7.71. The molecule has 22 heavy (non-hydrogen) atoms. The summed E-state index contributed by atoms with van der Waals surface area (Å²) < 4.78 is 5.12. The van der Waals surface area contributed by atoms with Gasteiger partial charge in [-0.1, -0.05) is 5.16 Å². The fraction of sp³-hybridized carbons (Fsp3) is 0.533. The van der Waals surface area contributed by atoms with E-state index in [1.807, 2.05) is 25.3 Å². The van der Waals surface area contributed by atoms with Gasteiger partial charge in [-0.2, -0.15) is 4.98 Å². The molecule has 118 valence electrons. The lowest BCUT2D eigenvalue weighted by Crippen LogP contribution is -2.46. The summed E-state index contributed by atoms with van der Waals surface area (Å²) in [5.74, 6) is 2.55. The Morgan fingerprint density at radius 2 is 2.09 bits per heavy atom. The smallest absolute Gasteiger partial charge is 0.227 e. The molecule has 0 bridgehead atoms. The van der Waals surface area contributed by atoms with Gasteiger partial charge in [0.15, 0.2) is 0 Å². The van der Waals surface area contributed by atoms with E-state index in [2.05, 4.69) is 37.2 Å². The van der Waals surface area contributed by atoms with Crippen LogP contribution in [0.5, 0.6) is 0 Å². The van der Waals surface area contributed by atoms with Gasteiger partial charge < -0.3 is 14.7 Å². The maximum Gasteiger partial charge on any atom is 0.227 e. The Hall–Kier alpha value is -2.15. The van der Waals surface area contributed by atoms with E-state index in [1.165, 1.54) is 0 Å². The van der Waals surface area contributed by atoms with Crippen molar-refractivity contribution in [1.82, 2.24) is 20.0 Å². The molecule has 2 aromatic heterocycles. The zero-order chi connectivity index (χ0) is 15.4. The first-order chi connectivity index (χ1) is 10.7. The zero-order valence-electron chi connectivity index (χ0n) is 13.1. The van der Waals surface area contributed by atoms with Gasteiger partial charge in [-0.15, -0.1) is 0 Å². The zero-order valence-corrected chi connectivity index (χ0v) is 13.1. The van der Waals surface area contributed by atoms with E-state index >= 15 is 0 Å². The molecule has 0 aliphatic carbocycles. The summed E-state index contributed by atoms with van der Waals surface area (Å²) in [4.78, 5) is 13.5. The first kappa shape index (κ1) is 14.8. The summed E-state index contributed by atoms with van der Waals surface area (Å²) >= 11 is 0. The average Bonchev–Trinajstić information content (AvgIpc) is 2.94. The fourth-order valence-corrected chi connectivity index (χ4v) is 2.61. The monoisotopic (exact) mass is 302 g/mol. The Balaban J connectivity index is 1.56. The van der Waals surface area contributed by atoms with E-state index in [-0.39, 0.29) is 0 Å². The van der Waals surface area contributed by atoms with Crippen LogP contribution in [0.1, 0.15) is 18.4 Å². The van der Waals surface area contributed by atoms with E-state index in [1.54, 1.807) is 0 Å². The Morgan fingerprint density at radius 3 is 2.77 bits per heavy atom. The van der Waals surface area contributed by atoms with Gasteiger partial charge in [0.1, 0.15) is 11.6 Å². The number of aromatic nitrogens is 3. The number of rotatable bonds is 5. The number of nitrogens with one attached hydrogen (secondary N) is 1. The van der Waals surface area contributed by atoms with Crippen molar-refractivity contribution in [3.05, 3.63) is 29.8 Å². The van der Waals surface area contributed by atoms with Crippen LogP contribution in [0.15, 0.2) is 22.9 Å². The van der Waals surface area contributed by atoms with Crippen molar-refractivity contribution in [1.29, 1.82) is 0 Å². The standard InChI is InChI=1S/C15H22N6O/c1-3-16-14-4-5-17-15(18-14)21-8-6-20(7-9-21)11-13-10-12(2)22-19-13/h4-5,10H,3,6-9,11H2,1-2H3,(H,16,17,18).